The van der Waals surface area contributed by atoms with Gasteiger partial charge in [-0.25, -0.2) is 0 Å². The van der Waals surface area contributed by atoms with Crippen LogP contribution in [-0.4, -0.2) is 17.9 Å². The lowest BCUT2D eigenvalue weighted by molar-refractivity contribution is 0.279. The smallest absolute Gasteiger partial charge is 0.0541 e. The van der Waals surface area contributed by atoms with Gasteiger partial charge in [-0.1, -0.05) is 24.3 Å². The van der Waals surface area contributed by atoms with Crippen molar-refractivity contribution in [3.63, 3.8) is 0 Å². The summed E-state index contributed by atoms with van der Waals surface area (Å²) >= 11 is 0. The minimum Gasteiger partial charge on any atom is -0.395 e. The summed E-state index contributed by atoms with van der Waals surface area (Å²) in [6, 6.07) is 8.18. The summed E-state index contributed by atoms with van der Waals surface area (Å²) in [5.74, 6) is 0.0868. The number of hydrogen-bond donors (Lipinski definition) is 1. The molecule has 0 spiro atoms. The first kappa shape index (κ1) is 8.62. The van der Waals surface area contributed by atoms with E-state index in [0.717, 1.165) is 11.1 Å². The molecular weight excluding hydrogens is 186 g/mol. The highest BCUT2D eigenvalue weighted by Crippen LogP contribution is 2.38. The molecule has 1 heterocycles. The Bertz CT molecular complexity index is 497. The second-order valence-electron chi connectivity index (χ2n) is 3.83. The number of allylic oxidation sites excluding steroid dienone is 1. The van der Waals surface area contributed by atoms with Gasteiger partial charge in [-0.05, 0) is 28.3 Å². The van der Waals surface area contributed by atoms with Crippen LogP contribution in [0.2, 0.25) is 0 Å². The van der Waals surface area contributed by atoms with Crippen molar-refractivity contribution in [1.82, 2.24) is 0 Å². The van der Waals surface area contributed by atoms with Gasteiger partial charge in [0.15, 0.2) is 0 Å². The lowest BCUT2D eigenvalue weighted by Gasteiger charge is -2.23. The van der Waals surface area contributed by atoms with Crippen LogP contribution in [0, 0.1) is 0 Å². The maximum Gasteiger partial charge on any atom is 0.0541 e. The van der Waals surface area contributed by atoms with Crippen LogP contribution in [0.15, 0.2) is 46.6 Å². The Morgan fingerprint density at radius 2 is 2.13 bits per heavy atom. The summed E-state index contributed by atoms with van der Waals surface area (Å²) in [7, 11) is 0. The largest absolute Gasteiger partial charge is 0.395 e. The van der Waals surface area contributed by atoms with Crippen molar-refractivity contribution in [2.75, 3.05) is 6.61 Å². The number of fused-ring (bicyclic) bond motifs is 2. The molecular formula is C13H11NO. The lowest BCUT2D eigenvalue weighted by Crippen LogP contribution is -2.13. The topological polar surface area (TPSA) is 32.6 Å². The summed E-state index contributed by atoms with van der Waals surface area (Å²) in [5, 5.41) is 9.46. The first-order valence-corrected chi connectivity index (χ1v) is 5.05. The first-order chi connectivity index (χ1) is 7.40. The highest BCUT2D eigenvalue weighted by atomic mass is 16.3. The fourth-order valence-corrected chi connectivity index (χ4v) is 2.25. The van der Waals surface area contributed by atoms with Crippen LogP contribution in [0.1, 0.15) is 17.0 Å². The number of aliphatic imine (C=N–C) groups is 1. The van der Waals surface area contributed by atoms with Crippen LogP contribution in [0.5, 0.6) is 0 Å². The van der Waals surface area contributed by atoms with Gasteiger partial charge < -0.3 is 5.11 Å². The quantitative estimate of drug-likeness (QED) is 0.735. The van der Waals surface area contributed by atoms with E-state index >= 15 is 0 Å². The van der Waals surface area contributed by atoms with Gasteiger partial charge in [-0.3, -0.25) is 4.99 Å². The number of rotatable bonds is 1. The highest BCUT2D eigenvalue weighted by Gasteiger charge is 2.26. The Kier molecular flexibility index (Phi) is 1.82. The Labute approximate surface area is 88.3 Å². The third kappa shape index (κ3) is 1.18. The van der Waals surface area contributed by atoms with E-state index in [4.69, 9.17) is 0 Å². The maximum absolute atomic E-state index is 9.46. The minimum atomic E-state index is 0.0868. The fourth-order valence-electron chi connectivity index (χ4n) is 2.25. The molecule has 0 bridgehead atoms. The molecule has 0 saturated carbocycles. The third-order valence-electron chi connectivity index (χ3n) is 3.00. The zero-order valence-electron chi connectivity index (χ0n) is 8.22. The van der Waals surface area contributed by atoms with E-state index in [1.54, 1.807) is 0 Å². The molecule has 1 aliphatic carbocycles. The van der Waals surface area contributed by atoms with Crippen LogP contribution in [-0.2, 0) is 0 Å². The van der Waals surface area contributed by atoms with E-state index in [0.29, 0.717) is 0 Å². The Balaban J connectivity index is 2.22. The molecule has 2 heteroatoms. The van der Waals surface area contributed by atoms with Crippen LogP contribution in [0.3, 0.4) is 0 Å². The summed E-state index contributed by atoms with van der Waals surface area (Å²) in [6.45, 7) is 0.142. The molecule has 2 aliphatic rings. The van der Waals surface area contributed by atoms with E-state index < -0.39 is 0 Å². The molecule has 0 radical (unpaired) electrons. The van der Waals surface area contributed by atoms with Crippen LogP contribution >= 0.6 is 0 Å². The molecule has 2 nitrogen and oxygen atoms in total. The fraction of sp³-hybridized carbons (Fsp3) is 0.154. The van der Waals surface area contributed by atoms with Crippen LogP contribution < -0.4 is 0 Å². The molecule has 15 heavy (non-hydrogen) atoms. The number of aliphatic hydroxyl groups is 1. The van der Waals surface area contributed by atoms with Gasteiger partial charge in [0, 0.05) is 18.3 Å². The molecule has 1 aromatic rings. The molecule has 1 aromatic carbocycles. The normalized spacial score (nSPS) is 21.8. The average molecular weight is 197 g/mol. The van der Waals surface area contributed by atoms with Gasteiger partial charge in [0.25, 0.3) is 0 Å². The molecule has 0 fully saturated rings. The van der Waals surface area contributed by atoms with Gasteiger partial charge in [0.05, 0.1) is 6.61 Å². The monoisotopic (exact) mass is 197 g/mol. The predicted octanol–water partition coefficient (Wildman–Crippen LogP) is 2.13. The molecule has 74 valence electrons. The second kappa shape index (κ2) is 3.17. The second-order valence-corrected chi connectivity index (χ2v) is 3.83. The summed E-state index contributed by atoms with van der Waals surface area (Å²) in [6.07, 6.45) is 5.83. The zero-order valence-corrected chi connectivity index (χ0v) is 8.22. The van der Waals surface area contributed by atoms with E-state index in [9.17, 15) is 5.11 Å². The van der Waals surface area contributed by atoms with Crippen molar-refractivity contribution in [2.24, 2.45) is 4.99 Å². The van der Waals surface area contributed by atoms with Crippen molar-refractivity contribution in [3.05, 3.63) is 52.7 Å². The lowest BCUT2D eigenvalue weighted by atomic mass is 9.81. The Hall–Kier alpha value is -1.67. The third-order valence-corrected chi connectivity index (χ3v) is 3.00. The molecule has 0 saturated heterocycles. The van der Waals surface area contributed by atoms with Crippen molar-refractivity contribution in [3.8, 4) is 0 Å². The average Bonchev–Trinajstić information content (AvgIpc) is 2.73. The highest BCUT2D eigenvalue weighted by molar-refractivity contribution is 5.96. The van der Waals surface area contributed by atoms with Crippen molar-refractivity contribution in [2.45, 2.75) is 5.92 Å². The molecule has 1 atom stereocenters. The number of benzene rings is 1. The molecule has 3 rings (SSSR count). The van der Waals surface area contributed by atoms with E-state index in [-0.39, 0.29) is 12.5 Å². The van der Waals surface area contributed by atoms with E-state index in [1.807, 2.05) is 24.5 Å². The SMILES string of the molecule is OCC1C2=CN=CC2=Cc2ccccc21. The summed E-state index contributed by atoms with van der Waals surface area (Å²) in [5.41, 5.74) is 4.65. The van der Waals surface area contributed by atoms with Crippen LogP contribution in [0.4, 0.5) is 0 Å². The van der Waals surface area contributed by atoms with Gasteiger partial charge in [0.1, 0.15) is 0 Å². The Morgan fingerprint density at radius 3 is 3.00 bits per heavy atom. The molecule has 0 amide bonds. The number of hydrogen-bond acceptors (Lipinski definition) is 2. The number of aliphatic hydroxyl groups excluding tert-OH is 1. The van der Waals surface area contributed by atoms with Crippen molar-refractivity contribution >= 4 is 12.3 Å². The summed E-state index contributed by atoms with van der Waals surface area (Å²) < 4.78 is 0. The standard InChI is InChI=1S/C13H11NO/c15-8-13-11-4-2-1-3-9(11)5-10-6-14-7-12(10)13/h1-7,13,15H,8H2. The molecule has 1 aliphatic heterocycles. The van der Waals surface area contributed by atoms with Crippen molar-refractivity contribution < 1.29 is 5.11 Å². The molecule has 0 aromatic heterocycles. The van der Waals surface area contributed by atoms with Gasteiger partial charge in [0.2, 0.25) is 0 Å². The van der Waals surface area contributed by atoms with Crippen LogP contribution in [0.25, 0.3) is 6.08 Å². The maximum atomic E-state index is 9.46. The van der Waals surface area contributed by atoms with Gasteiger partial charge in [-0.2, -0.15) is 0 Å². The van der Waals surface area contributed by atoms with Crippen molar-refractivity contribution in [1.29, 1.82) is 0 Å². The predicted molar refractivity (Wildman–Crippen MR) is 60.8 cm³/mol. The zero-order chi connectivity index (χ0) is 10.3. The van der Waals surface area contributed by atoms with E-state index in [1.165, 1.54) is 11.1 Å². The molecule has 1 N–H and O–H groups in total. The molecule has 1 unspecified atom stereocenters. The first-order valence-electron chi connectivity index (χ1n) is 5.05. The summed E-state index contributed by atoms with van der Waals surface area (Å²) in [4.78, 5) is 4.14. The van der Waals surface area contributed by atoms with Gasteiger partial charge >= 0.3 is 0 Å². The van der Waals surface area contributed by atoms with E-state index in [2.05, 4.69) is 23.2 Å². The van der Waals surface area contributed by atoms with Gasteiger partial charge in [-0.15, -0.1) is 0 Å². The Morgan fingerprint density at radius 1 is 1.27 bits per heavy atom. The minimum absolute atomic E-state index is 0.0868. The number of nitrogens with zero attached hydrogens (tertiary/aromatic N) is 1.